The maximum atomic E-state index is 6.24. The molecule has 0 aliphatic carbocycles. The summed E-state index contributed by atoms with van der Waals surface area (Å²) < 4.78 is 2.21. The number of aromatic nitrogens is 2. The van der Waals surface area contributed by atoms with Gasteiger partial charge in [-0.1, -0.05) is 47.0 Å². The van der Waals surface area contributed by atoms with E-state index in [1.54, 1.807) is 0 Å². The summed E-state index contributed by atoms with van der Waals surface area (Å²) in [5.74, 6) is 2.50. The van der Waals surface area contributed by atoms with Crippen LogP contribution in [-0.4, -0.2) is 9.55 Å². The van der Waals surface area contributed by atoms with Crippen LogP contribution in [0.15, 0.2) is 0 Å². The number of hydrogen-bond donors (Lipinski definition) is 1. The smallest absolute Gasteiger partial charge is 0.126 e. The standard InChI is InChI=1S/C15H29N3/c1-5-7-8-9-10-13-14(16)18(11-6-2)15(17-13)12(3)4/h12H,5-11,16H2,1-4H3. The Bertz CT molecular complexity index is 353. The van der Waals surface area contributed by atoms with Crippen LogP contribution in [0, 0.1) is 0 Å². The highest BCUT2D eigenvalue weighted by molar-refractivity contribution is 5.39. The normalized spacial score (nSPS) is 11.4. The van der Waals surface area contributed by atoms with Gasteiger partial charge in [0.05, 0.1) is 5.69 Å². The molecule has 3 nitrogen and oxygen atoms in total. The molecule has 0 saturated heterocycles. The van der Waals surface area contributed by atoms with E-state index in [0.29, 0.717) is 5.92 Å². The van der Waals surface area contributed by atoms with Crippen molar-refractivity contribution in [1.82, 2.24) is 9.55 Å². The molecule has 104 valence electrons. The maximum Gasteiger partial charge on any atom is 0.126 e. The number of anilines is 1. The van der Waals surface area contributed by atoms with Gasteiger partial charge in [0.2, 0.25) is 0 Å². The molecule has 0 aliphatic rings. The molecule has 1 rings (SSSR count). The molecule has 1 aromatic rings. The second kappa shape index (κ2) is 7.45. The van der Waals surface area contributed by atoms with Gasteiger partial charge in [-0.15, -0.1) is 0 Å². The van der Waals surface area contributed by atoms with Gasteiger partial charge >= 0.3 is 0 Å². The molecule has 0 saturated carbocycles. The van der Waals surface area contributed by atoms with E-state index in [0.717, 1.165) is 36.7 Å². The number of nitrogens with two attached hydrogens (primary N) is 1. The van der Waals surface area contributed by atoms with Gasteiger partial charge in [0, 0.05) is 12.5 Å². The fraction of sp³-hybridized carbons (Fsp3) is 0.800. The maximum absolute atomic E-state index is 6.24. The Hall–Kier alpha value is -0.990. The Labute approximate surface area is 112 Å². The minimum absolute atomic E-state index is 0.447. The van der Waals surface area contributed by atoms with Gasteiger partial charge in [0.25, 0.3) is 0 Å². The zero-order valence-corrected chi connectivity index (χ0v) is 12.5. The monoisotopic (exact) mass is 251 g/mol. The van der Waals surface area contributed by atoms with Crippen molar-refractivity contribution in [2.45, 2.75) is 78.7 Å². The Morgan fingerprint density at radius 2 is 1.83 bits per heavy atom. The van der Waals surface area contributed by atoms with Crippen LogP contribution >= 0.6 is 0 Å². The van der Waals surface area contributed by atoms with E-state index < -0.39 is 0 Å². The first-order valence-corrected chi connectivity index (χ1v) is 7.46. The summed E-state index contributed by atoms with van der Waals surface area (Å²) in [4.78, 5) is 4.76. The van der Waals surface area contributed by atoms with Gasteiger partial charge < -0.3 is 10.3 Å². The molecule has 1 heterocycles. The lowest BCUT2D eigenvalue weighted by molar-refractivity contribution is 0.616. The fourth-order valence-corrected chi connectivity index (χ4v) is 2.34. The molecule has 0 atom stereocenters. The van der Waals surface area contributed by atoms with Crippen molar-refractivity contribution in [1.29, 1.82) is 0 Å². The average molecular weight is 251 g/mol. The topological polar surface area (TPSA) is 43.8 Å². The Kier molecular flexibility index (Phi) is 6.23. The first-order valence-electron chi connectivity index (χ1n) is 7.46. The van der Waals surface area contributed by atoms with Crippen molar-refractivity contribution in [3.63, 3.8) is 0 Å². The summed E-state index contributed by atoms with van der Waals surface area (Å²) in [5.41, 5.74) is 7.36. The van der Waals surface area contributed by atoms with Crippen molar-refractivity contribution >= 4 is 5.82 Å². The lowest BCUT2D eigenvalue weighted by Gasteiger charge is -2.10. The number of rotatable bonds is 8. The minimum Gasteiger partial charge on any atom is -0.384 e. The first kappa shape index (κ1) is 15.1. The van der Waals surface area contributed by atoms with Crippen molar-refractivity contribution in [3.05, 3.63) is 11.5 Å². The highest BCUT2D eigenvalue weighted by Crippen LogP contribution is 2.23. The predicted octanol–water partition coefficient (Wildman–Crippen LogP) is 4.12. The summed E-state index contributed by atoms with van der Waals surface area (Å²) in [6, 6.07) is 0. The zero-order chi connectivity index (χ0) is 13.5. The Balaban J connectivity index is 2.76. The number of hydrogen-bond acceptors (Lipinski definition) is 2. The second-order valence-electron chi connectivity index (χ2n) is 5.42. The summed E-state index contributed by atoms with van der Waals surface area (Å²) in [5, 5.41) is 0. The first-order chi connectivity index (χ1) is 8.61. The highest BCUT2D eigenvalue weighted by atomic mass is 15.1. The lowest BCUT2D eigenvalue weighted by atomic mass is 10.1. The summed E-state index contributed by atoms with van der Waals surface area (Å²) in [6.45, 7) is 9.79. The van der Waals surface area contributed by atoms with E-state index in [1.165, 1.54) is 25.7 Å². The molecule has 3 heteroatoms. The molecular weight excluding hydrogens is 222 g/mol. The SMILES string of the molecule is CCCCCCc1nc(C(C)C)n(CCC)c1N. The second-order valence-corrected chi connectivity index (χ2v) is 5.42. The molecule has 0 spiro atoms. The molecule has 2 N–H and O–H groups in total. The average Bonchev–Trinajstić information content (AvgIpc) is 2.64. The van der Waals surface area contributed by atoms with E-state index >= 15 is 0 Å². The van der Waals surface area contributed by atoms with Crippen LogP contribution in [-0.2, 0) is 13.0 Å². The van der Waals surface area contributed by atoms with Gasteiger partial charge in [-0.3, -0.25) is 0 Å². The third-order valence-corrected chi connectivity index (χ3v) is 3.34. The molecule has 0 aromatic carbocycles. The van der Waals surface area contributed by atoms with E-state index in [-0.39, 0.29) is 0 Å². The Morgan fingerprint density at radius 3 is 2.39 bits per heavy atom. The largest absolute Gasteiger partial charge is 0.384 e. The molecule has 0 radical (unpaired) electrons. The number of aryl methyl sites for hydroxylation is 1. The van der Waals surface area contributed by atoms with Gasteiger partial charge in [0.15, 0.2) is 0 Å². The van der Waals surface area contributed by atoms with Gasteiger partial charge in [0.1, 0.15) is 11.6 Å². The van der Waals surface area contributed by atoms with Crippen LogP contribution < -0.4 is 5.73 Å². The van der Waals surface area contributed by atoms with Gasteiger partial charge in [-0.2, -0.15) is 0 Å². The Morgan fingerprint density at radius 1 is 1.11 bits per heavy atom. The number of unbranched alkanes of at least 4 members (excludes halogenated alkanes) is 3. The van der Waals surface area contributed by atoms with Crippen LogP contribution in [0.25, 0.3) is 0 Å². The minimum atomic E-state index is 0.447. The third kappa shape index (κ3) is 3.76. The van der Waals surface area contributed by atoms with Gasteiger partial charge in [-0.05, 0) is 19.3 Å². The van der Waals surface area contributed by atoms with Crippen LogP contribution in [0.2, 0.25) is 0 Å². The van der Waals surface area contributed by atoms with E-state index in [2.05, 4.69) is 32.3 Å². The number of imidazole rings is 1. The molecular formula is C15H29N3. The quantitative estimate of drug-likeness (QED) is 0.706. The van der Waals surface area contributed by atoms with Crippen LogP contribution in [0.1, 0.15) is 77.2 Å². The van der Waals surface area contributed by atoms with Crippen LogP contribution in [0.5, 0.6) is 0 Å². The van der Waals surface area contributed by atoms with E-state index in [9.17, 15) is 0 Å². The molecule has 18 heavy (non-hydrogen) atoms. The lowest BCUT2D eigenvalue weighted by Crippen LogP contribution is -2.08. The predicted molar refractivity (Wildman–Crippen MR) is 78.9 cm³/mol. The third-order valence-electron chi connectivity index (χ3n) is 3.34. The zero-order valence-electron chi connectivity index (χ0n) is 12.5. The molecule has 0 amide bonds. The van der Waals surface area contributed by atoms with Crippen molar-refractivity contribution in [3.8, 4) is 0 Å². The van der Waals surface area contributed by atoms with Crippen molar-refractivity contribution < 1.29 is 0 Å². The molecule has 0 bridgehead atoms. The van der Waals surface area contributed by atoms with Gasteiger partial charge in [-0.25, -0.2) is 4.98 Å². The molecule has 0 aliphatic heterocycles. The summed E-state index contributed by atoms with van der Waals surface area (Å²) >= 11 is 0. The van der Waals surface area contributed by atoms with Crippen molar-refractivity contribution in [2.24, 2.45) is 0 Å². The summed E-state index contributed by atoms with van der Waals surface area (Å²) in [6.07, 6.45) is 7.22. The highest BCUT2D eigenvalue weighted by Gasteiger charge is 2.15. The van der Waals surface area contributed by atoms with E-state index in [1.807, 2.05) is 0 Å². The van der Waals surface area contributed by atoms with E-state index in [4.69, 9.17) is 10.7 Å². The molecule has 0 fully saturated rings. The summed E-state index contributed by atoms with van der Waals surface area (Å²) in [7, 11) is 0. The van der Waals surface area contributed by atoms with Crippen molar-refractivity contribution in [2.75, 3.05) is 5.73 Å². The fourth-order valence-electron chi connectivity index (χ4n) is 2.34. The van der Waals surface area contributed by atoms with Crippen LogP contribution in [0.4, 0.5) is 5.82 Å². The number of nitrogen functional groups attached to an aromatic ring is 1. The van der Waals surface area contributed by atoms with Crippen LogP contribution in [0.3, 0.4) is 0 Å². The molecule has 0 unspecified atom stereocenters. The number of nitrogens with zero attached hydrogens (tertiary/aromatic N) is 2. The molecule has 1 aromatic heterocycles.